The van der Waals surface area contributed by atoms with Crippen molar-refractivity contribution in [2.45, 2.75) is 50.6 Å². The van der Waals surface area contributed by atoms with Crippen molar-refractivity contribution in [1.82, 2.24) is 5.32 Å². The zero-order valence-electron chi connectivity index (χ0n) is 10.7. The fraction of sp³-hybridized carbons (Fsp3) is 0.667. The normalized spacial score (nSPS) is 32.1. The summed E-state index contributed by atoms with van der Waals surface area (Å²) in [5, 5.41) is 15.2. The average molecular weight is 260 g/mol. The molecule has 96 valence electrons. The highest BCUT2D eigenvalue weighted by Gasteiger charge is 2.42. The van der Waals surface area contributed by atoms with Crippen LogP contribution in [0.2, 0.25) is 0 Å². The van der Waals surface area contributed by atoms with Gasteiger partial charge in [-0.05, 0) is 55.4 Å². The molecule has 1 aromatic rings. The Labute approximate surface area is 113 Å². The van der Waals surface area contributed by atoms with Crippen molar-refractivity contribution in [3.8, 4) is 6.07 Å². The molecule has 0 radical (unpaired) electrons. The largest absolute Gasteiger partial charge is 0.294 e. The Balaban J connectivity index is 1.63. The molecule has 3 heteroatoms. The van der Waals surface area contributed by atoms with E-state index >= 15 is 0 Å². The molecule has 2 aliphatic carbocycles. The summed E-state index contributed by atoms with van der Waals surface area (Å²) < 4.78 is 0. The summed E-state index contributed by atoms with van der Waals surface area (Å²) in [5.41, 5.74) is -0.254. The second-order valence-electron chi connectivity index (χ2n) is 5.82. The Hall–Kier alpha value is -0.850. The summed E-state index contributed by atoms with van der Waals surface area (Å²) in [5.74, 6) is 1.73. The molecule has 0 saturated heterocycles. The molecular formula is C15H20N2S. The van der Waals surface area contributed by atoms with Crippen LogP contribution >= 0.6 is 11.3 Å². The Kier molecular flexibility index (Phi) is 3.41. The van der Waals surface area contributed by atoms with Crippen LogP contribution in [-0.2, 0) is 6.54 Å². The van der Waals surface area contributed by atoms with Crippen molar-refractivity contribution in [2.24, 2.45) is 11.8 Å². The predicted molar refractivity (Wildman–Crippen MR) is 74.2 cm³/mol. The van der Waals surface area contributed by atoms with Crippen LogP contribution < -0.4 is 5.32 Å². The van der Waals surface area contributed by atoms with E-state index in [-0.39, 0.29) is 5.54 Å². The SMILES string of the molecule is N#CC1(NCc2cccs2)CCCC(C2CC2)C1. The van der Waals surface area contributed by atoms with Crippen LogP contribution in [0.5, 0.6) is 0 Å². The van der Waals surface area contributed by atoms with Gasteiger partial charge in [0.25, 0.3) is 0 Å². The monoisotopic (exact) mass is 260 g/mol. The second kappa shape index (κ2) is 5.03. The summed E-state index contributed by atoms with van der Waals surface area (Å²) in [6.45, 7) is 0.850. The molecule has 0 aliphatic heterocycles. The Morgan fingerprint density at radius 3 is 2.94 bits per heavy atom. The van der Waals surface area contributed by atoms with E-state index in [9.17, 15) is 5.26 Å². The maximum atomic E-state index is 9.58. The zero-order valence-corrected chi connectivity index (χ0v) is 11.5. The molecule has 2 unspecified atom stereocenters. The van der Waals surface area contributed by atoms with Crippen LogP contribution in [0, 0.1) is 23.2 Å². The summed E-state index contributed by atoms with van der Waals surface area (Å²) in [4.78, 5) is 1.33. The van der Waals surface area contributed by atoms with Gasteiger partial charge in [-0.1, -0.05) is 12.5 Å². The van der Waals surface area contributed by atoms with Crippen LogP contribution in [-0.4, -0.2) is 5.54 Å². The third kappa shape index (κ3) is 2.60. The van der Waals surface area contributed by atoms with Gasteiger partial charge in [0.2, 0.25) is 0 Å². The first-order chi connectivity index (χ1) is 8.81. The minimum atomic E-state index is -0.254. The molecule has 0 spiro atoms. The Morgan fingerprint density at radius 2 is 2.28 bits per heavy atom. The lowest BCUT2D eigenvalue weighted by Crippen LogP contribution is -2.47. The molecule has 2 nitrogen and oxygen atoms in total. The topological polar surface area (TPSA) is 35.8 Å². The number of thiophene rings is 1. The first-order valence-corrected chi connectivity index (χ1v) is 7.88. The maximum absolute atomic E-state index is 9.58. The molecule has 2 aliphatic rings. The third-order valence-electron chi connectivity index (χ3n) is 4.47. The molecule has 0 aromatic carbocycles. The van der Waals surface area contributed by atoms with E-state index in [2.05, 4.69) is 28.9 Å². The molecule has 3 rings (SSSR count). The number of hydrogen-bond acceptors (Lipinski definition) is 3. The molecule has 1 N–H and O–H groups in total. The van der Waals surface area contributed by atoms with Crippen molar-refractivity contribution < 1.29 is 0 Å². The average Bonchev–Trinajstić information content (AvgIpc) is 3.14. The van der Waals surface area contributed by atoms with E-state index in [1.54, 1.807) is 11.3 Å². The number of nitrogens with one attached hydrogen (secondary N) is 1. The molecule has 0 amide bonds. The van der Waals surface area contributed by atoms with E-state index in [1.165, 1.54) is 30.6 Å². The van der Waals surface area contributed by atoms with Gasteiger partial charge < -0.3 is 0 Å². The lowest BCUT2D eigenvalue weighted by Gasteiger charge is -2.36. The molecular weight excluding hydrogens is 240 g/mol. The molecule has 18 heavy (non-hydrogen) atoms. The molecule has 2 atom stereocenters. The number of rotatable bonds is 4. The molecule has 2 saturated carbocycles. The fourth-order valence-corrected chi connectivity index (χ4v) is 3.90. The minimum absolute atomic E-state index is 0.254. The van der Waals surface area contributed by atoms with Crippen molar-refractivity contribution in [3.63, 3.8) is 0 Å². The molecule has 1 aromatic heterocycles. The molecule has 1 heterocycles. The Bertz CT molecular complexity index is 430. The lowest BCUT2D eigenvalue weighted by atomic mass is 9.74. The predicted octanol–water partition coefficient (Wildman–Crippen LogP) is 3.70. The first-order valence-electron chi connectivity index (χ1n) is 7.00. The Morgan fingerprint density at radius 1 is 1.39 bits per heavy atom. The smallest absolute Gasteiger partial charge is 0.107 e. The third-order valence-corrected chi connectivity index (χ3v) is 5.35. The second-order valence-corrected chi connectivity index (χ2v) is 6.85. The highest BCUT2D eigenvalue weighted by Crippen LogP contribution is 2.46. The van der Waals surface area contributed by atoms with Crippen molar-refractivity contribution in [1.29, 1.82) is 5.26 Å². The van der Waals surface area contributed by atoms with Crippen LogP contribution in [0.15, 0.2) is 17.5 Å². The summed E-state index contributed by atoms with van der Waals surface area (Å²) in [6.07, 6.45) is 7.45. The lowest BCUT2D eigenvalue weighted by molar-refractivity contribution is 0.210. The van der Waals surface area contributed by atoms with Crippen molar-refractivity contribution in [2.75, 3.05) is 0 Å². The van der Waals surface area contributed by atoms with E-state index in [0.717, 1.165) is 31.2 Å². The van der Waals surface area contributed by atoms with Gasteiger partial charge in [0.05, 0.1) is 6.07 Å². The summed E-state index contributed by atoms with van der Waals surface area (Å²) >= 11 is 1.77. The standard InChI is InChI=1S/C15H20N2S/c16-11-15(17-10-14-4-2-8-18-14)7-1-3-13(9-15)12-5-6-12/h2,4,8,12-13,17H,1,3,5-7,9-10H2. The van der Waals surface area contributed by atoms with E-state index in [0.29, 0.717) is 0 Å². The van der Waals surface area contributed by atoms with Gasteiger partial charge in [-0.15, -0.1) is 11.3 Å². The first kappa shape index (κ1) is 12.2. The van der Waals surface area contributed by atoms with Crippen LogP contribution in [0.3, 0.4) is 0 Å². The van der Waals surface area contributed by atoms with Gasteiger partial charge >= 0.3 is 0 Å². The number of hydrogen-bond donors (Lipinski definition) is 1. The summed E-state index contributed by atoms with van der Waals surface area (Å²) in [7, 11) is 0. The van der Waals surface area contributed by atoms with Crippen molar-refractivity contribution >= 4 is 11.3 Å². The fourth-order valence-electron chi connectivity index (χ4n) is 3.26. The van der Waals surface area contributed by atoms with Crippen molar-refractivity contribution in [3.05, 3.63) is 22.4 Å². The highest BCUT2D eigenvalue weighted by atomic mass is 32.1. The molecule has 0 bridgehead atoms. The van der Waals surface area contributed by atoms with Crippen LogP contribution in [0.4, 0.5) is 0 Å². The quantitative estimate of drug-likeness (QED) is 0.896. The number of nitriles is 1. The minimum Gasteiger partial charge on any atom is -0.294 e. The van der Waals surface area contributed by atoms with Gasteiger partial charge in [0.1, 0.15) is 5.54 Å². The number of nitrogens with zero attached hydrogens (tertiary/aromatic N) is 1. The van der Waals surface area contributed by atoms with E-state index in [1.807, 2.05) is 0 Å². The van der Waals surface area contributed by atoms with Gasteiger partial charge in [-0.2, -0.15) is 5.26 Å². The zero-order chi connectivity index (χ0) is 12.4. The van der Waals surface area contributed by atoms with E-state index in [4.69, 9.17) is 0 Å². The van der Waals surface area contributed by atoms with E-state index < -0.39 is 0 Å². The highest BCUT2D eigenvalue weighted by molar-refractivity contribution is 7.09. The van der Waals surface area contributed by atoms with Gasteiger partial charge in [-0.25, -0.2) is 0 Å². The van der Waals surface area contributed by atoms with Crippen LogP contribution in [0.25, 0.3) is 0 Å². The van der Waals surface area contributed by atoms with Gasteiger partial charge in [0, 0.05) is 11.4 Å². The van der Waals surface area contributed by atoms with Gasteiger partial charge in [0.15, 0.2) is 0 Å². The summed E-state index contributed by atoms with van der Waals surface area (Å²) in [6, 6.07) is 6.81. The van der Waals surface area contributed by atoms with Crippen LogP contribution in [0.1, 0.15) is 43.4 Å². The molecule has 2 fully saturated rings. The maximum Gasteiger partial charge on any atom is 0.107 e. The van der Waals surface area contributed by atoms with Gasteiger partial charge in [-0.3, -0.25) is 5.32 Å².